The zero-order chi connectivity index (χ0) is 27.4. The summed E-state index contributed by atoms with van der Waals surface area (Å²) < 4.78 is 48.9. The van der Waals surface area contributed by atoms with Gasteiger partial charge in [-0.25, -0.2) is 27.9 Å². The monoisotopic (exact) mass is 530 g/mol. The van der Waals surface area contributed by atoms with Crippen LogP contribution in [0, 0.1) is 17.5 Å². The van der Waals surface area contributed by atoms with Crippen molar-refractivity contribution >= 4 is 34.5 Å². The van der Waals surface area contributed by atoms with E-state index in [4.69, 9.17) is 4.74 Å². The Morgan fingerprint density at radius 2 is 1.79 bits per heavy atom. The number of hydrogen-bond acceptors (Lipinski definition) is 6. The van der Waals surface area contributed by atoms with Crippen LogP contribution in [-0.2, 0) is 9.53 Å². The van der Waals surface area contributed by atoms with E-state index in [0.717, 1.165) is 12.1 Å². The summed E-state index contributed by atoms with van der Waals surface area (Å²) in [4.78, 5) is 39.6. The second kappa shape index (κ2) is 9.48. The lowest BCUT2D eigenvalue weighted by Gasteiger charge is -2.41. The molecule has 2 aromatic heterocycles. The molecule has 2 amide bonds. The van der Waals surface area contributed by atoms with E-state index in [9.17, 15) is 22.8 Å². The maximum Gasteiger partial charge on any atom is 0.410 e. The molecule has 2 aliphatic rings. The van der Waals surface area contributed by atoms with E-state index in [1.165, 1.54) is 10.9 Å². The first-order valence-corrected chi connectivity index (χ1v) is 12.5. The van der Waals surface area contributed by atoms with Gasteiger partial charge >= 0.3 is 6.09 Å². The van der Waals surface area contributed by atoms with Crippen LogP contribution in [0.2, 0.25) is 0 Å². The molecule has 202 valence electrons. The smallest absolute Gasteiger partial charge is 0.410 e. The first-order chi connectivity index (χ1) is 17.9. The van der Waals surface area contributed by atoms with Crippen molar-refractivity contribution in [1.82, 2.24) is 19.4 Å². The number of rotatable bonds is 3. The number of carbonyl (C=O) groups excluding carboxylic acids is 2. The predicted octanol–water partition coefficient (Wildman–Crippen LogP) is 4.41. The van der Waals surface area contributed by atoms with E-state index in [-0.39, 0.29) is 17.6 Å². The first-order valence-electron chi connectivity index (χ1n) is 12.5. The number of benzene rings is 1. The van der Waals surface area contributed by atoms with Crippen molar-refractivity contribution in [3.63, 3.8) is 0 Å². The molecular weight excluding hydrogens is 501 g/mol. The lowest BCUT2D eigenvalue weighted by molar-refractivity contribution is -0.117. The third kappa shape index (κ3) is 4.63. The number of hydrogen-bond donors (Lipinski definition) is 0. The van der Waals surface area contributed by atoms with Crippen molar-refractivity contribution < 1.29 is 27.5 Å². The second-order valence-electron chi connectivity index (χ2n) is 10.6. The molecule has 2 saturated heterocycles. The molecule has 0 radical (unpaired) electrons. The number of piperazine rings is 1. The minimum absolute atomic E-state index is 0.0248. The molecular formula is C26H29F3N6O3. The molecule has 0 unspecified atom stereocenters. The number of nitrogens with zero attached hydrogens (tertiary/aromatic N) is 6. The zero-order valence-electron chi connectivity index (χ0n) is 21.7. The van der Waals surface area contributed by atoms with E-state index >= 15 is 0 Å². The van der Waals surface area contributed by atoms with Gasteiger partial charge in [0.05, 0.1) is 16.8 Å². The van der Waals surface area contributed by atoms with E-state index < -0.39 is 29.1 Å². The maximum atomic E-state index is 14.1. The van der Waals surface area contributed by atoms with Gasteiger partial charge in [-0.05, 0) is 34.1 Å². The Labute approximate surface area is 217 Å². The molecule has 9 nitrogen and oxygen atoms in total. The summed E-state index contributed by atoms with van der Waals surface area (Å²) in [5.74, 6) is -3.78. The molecule has 0 spiro atoms. The van der Waals surface area contributed by atoms with Crippen LogP contribution in [-0.4, -0.2) is 69.3 Å². The summed E-state index contributed by atoms with van der Waals surface area (Å²) in [7, 11) is 0. The summed E-state index contributed by atoms with van der Waals surface area (Å²) in [6.07, 6.45) is 3.57. The quantitative estimate of drug-likeness (QED) is 0.467. The van der Waals surface area contributed by atoms with Gasteiger partial charge in [-0.3, -0.25) is 9.36 Å². The van der Waals surface area contributed by atoms with Gasteiger partial charge in [-0.1, -0.05) is 0 Å². The highest BCUT2D eigenvalue weighted by Gasteiger charge is 2.34. The molecule has 3 aromatic rings. The lowest BCUT2D eigenvalue weighted by Crippen LogP contribution is -2.54. The fraction of sp³-hybridized carbons (Fsp3) is 0.462. The summed E-state index contributed by atoms with van der Waals surface area (Å²) in [6, 6.07) is 1.61. The zero-order valence-corrected chi connectivity index (χ0v) is 21.7. The van der Waals surface area contributed by atoms with Crippen LogP contribution in [0.25, 0.3) is 16.7 Å². The molecule has 5 rings (SSSR count). The molecule has 12 heteroatoms. The number of ether oxygens (including phenoxy) is 1. The fourth-order valence-corrected chi connectivity index (χ4v) is 4.99. The van der Waals surface area contributed by atoms with E-state index in [2.05, 4.69) is 9.97 Å². The van der Waals surface area contributed by atoms with Crippen LogP contribution in [0.15, 0.2) is 24.7 Å². The number of fused-ring (bicyclic) bond motifs is 1. The van der Waals surface area contributed by atoms with Crippen LogP contribution < -0.4 is 9.80 Å². The number of carbonyl (C=O) groups is 2. The van der Waals surface area contributed by atoms with Gasteiger partial charge in [0.2, 0.25) is 5.91 Å². The number of halogens is 3. The summed E-state index contributed by atoms with van der Waals surface area (Å²) in [6.45, 7) is 9.07. The van der Waals surface area contributed by atoms with E-state index in [0.29, 0.717) is 61.6 Å². The molecule has 0 N–H and O–H groups in total. The molecule has 0 aliphatic carbocycles. The van der Waals surface area contributed by atoms with Crippen LogP contribution >= 0.6 is 0 Å². The fourth-order valence-electron chi connectivity index (χ4n) is 4.99. The van der Waals surface area contributed by atoms with Crippen LogP contribution in [0.5, 0.6) is 0 Å². The molecule has 0 bridgehead atoms. The first kappa shape index (κ1) is 25.8. The SMILES string of the molecule is C[C@H]1CN(C(=O)OC(C)(C)C)CCN1c1ncnc2c1c(N1CCCC1=O)cn2-c1cc(F)c(F)c(F)c1. The summed E-state index contributed by atoms with van der Waals surface area (Å²) >= 11 is 0. The Morgan fingerprint density at radius 1 is 1.08 bits per heavy atom. The average Bonchev–Trinajstić information content (AvgIpc) is 3.44. The summed E-state index contributed by atoms with van der Waals surface area (Å²) in [5, 5.41) is 0.533. The van der Waals surface area contributed by atoms with Gasteiger partial charge in [0.1, 0.15) is 17.7 Å². The Kier molecular flexibility index (Phi) is 6.44. The minimum Gasteiger partial charge on any atom is -0.444 e. The number of anilines is 2. The largest absolute Gasteiger partial charge is 0.444 e. The van der Waals surface area contributed by atoms with Gasteiger partial charge in [0, 0.05) is 57.0 Å². The molecule has 2 aliphatic heterocycles. The highest BCUT2D eigenvalue weighted by atomic mass is 19.2. The topological polar surface area (TPSA) is 83.8 Å². The highest BCUT2D eigenvalue weighted by Crippen LogP contribution is 2.39. The van der Waals surface area contributed by atoms with Gasteiger partial charge in [0.25, 0.3) is 0 Å². The van der Waals surface area contributed by atoms with Crippen molar-refractivity contribution in [3.05, 3.63) is 42.1 Å². The van der Waals surface area contributed by atoms with Crippen molar-refractivity contribution in [2.24, 2.45) is 0 Å². The van der Waals surface area contributed by atoms with Crippen LogP contribution in [0.4, 0.5) is 29.5 Å². The standard InChI is InChI=1S/C26H29F3N6O3/c1-15-12-32(25(37)38-26(2,3)4)8-9-33(15)23-21-19(34-7-5-6-20(34)36)13-35(24(21)31-14-30-23)16-10-17(27)22(29)18(28)11-16/h10-11,13-15H,5-9,12H2,1-4H3/t15-/m0/s1. The summed E-state index contributed by atoms with van der Waals surface area (Å²) in [5.41, 5.74) is 0.231. The lowest BCUT2D eigenvalue weighted by atomic mass is 10.1. The highest BCUT2D eigenvalue weighted by molar-refractivity contribution is 6.08. The third-order valence-electron chi connectivity index (χ3n) is 6.71. The molecule has 1 aromatic carbocycles. The second-order valence-corrected chi connectivity index (χ2v) is 10.6. The van der Waals surface area contributed by atoms with Crippen molar-refractivity contribution in [3.8, 4) is 5.69 Å². The molecule has 38 heavy (non-hydrogen) atoms. The van der Waals surface area contributed by atoms with E-state index in [1.54, 1.807) is 16.0 Å². The van der Waals surface area contributed by atoms with Gasteiger partial charge < -0.3 is 19.4 Å². The Bertz CT molecular complexity index is 1400. The van der Waals surface area contributed by atoms with Gasteiger partial charge in [-0.15, -0.1) is 0 Å². The Balaban J connectivity index is 1.58. The van der Waals surface area contributed by atoms with Crippen molar-refractivity contribution in [2.75, 3.05) is 36.0 Å². The molecule has 4 heterocycles. The average molecular weight is 531 g/mol. The third-order valence-corrected chi connectivity index (χ3v) is 6.71. The minimum atomic E-state index is -1.56. The van der Waals surface area contributed by atoms with Gasteiger partial charge in [-0.2, -0.15) is 0 Å². The Hall–Kier alpha value is -3.83. The number of aromatic nitrogens is 3. The van der Waals surface area contributed by atoms with Crippen molar-refractivity contribution in [1.29, 1.82) is 0 Å². The maximum absolute atomic E-state index is 14.1. The van der Waals surface area contributed by atoms with Crippen LogP contribution in [0.3, 0.4) is 0 Å². The predicted molar refractivity (Wildman–Crippen MR) is 135 cm³/mol. The number of amides is 2. The normalized spacial score (nSPS) is 18.6. The van der Waals surface area contributed by atoms with Gasteiger partial charge in [0.15, 0.2) is 23.1 Å². The Morgan fingerprint density at radius 3 is 2.39 bits per heavy atom. The van der Waals surface area contributed by atoms with Crippen molar-refractivity contribution in [2.45, 2.75) is 52.2 Å². The molecule has 2 fully saturated rings. The van der Waals surface area contributed by atoms with Crippen LogP contribution in [0.1, 0.15) is 40.5 Å². The van der Waals surface area contributed by atoms with E-state index in [1.807, 2.05) is 32.6 Å². The molecule has 1 atom stereocenters. The molecule has 0 saturated carbocycles.